The molecule has 0 aromatic carbocycles. The predicted molar refractivity (Wildman–Crippen MR) is 67.1 cm³/mol. The molecule has 5 nitrogen and oxygen atoms in total. The van der Waals surface area contributed by atoms with Crippen LogP contribution in [0.4, 0.5) is 0 Å². The Morgan fingerprint density at radius 1 is 1.24 bits per heavy atom. The van der Waals surface area contributed by atoms with E-state index in [-0.39, 0.29) is 12.7 Å². The largest absolute Gasteiger partial charge is 0.389 e. The van der Waals surface area contributed by atoms with Gasteiger partial charge in [-0.25, -0.2) is 0 Å². The van der Waals surface area contributed by atoms with E-state index < -0.39 is 11.7 Å². The summed E-state index contributed by atoms with van der Waals surface area (Å²) in [5, 5.41) is 22.0. The summed E-state index contributed by atoms with van der Waals surface area (Å²) >= 11 is 0. The third-order valence-electron chi connectivity index (χ3n) is 1.93. The van der Waals surface area contributed by atoms with E-state index in [4.69, 9.17) is 9.47 Å². The van der Waals surface area contributed by atoms with Crippen molar-refractivity contribution in [3.8, 4) is 0 Å². The molecule has 0 radical (unpaired) electrons. The average molecular weight is 249 g/mol. The highest BCUT2D eigenvalue weighted by atomic mass is 16.5. The van der Waals surface area contributed by atoms with Gasteiger partial charge in [-0.15, -0.1) is 0 Å². The lowest BCUT2D eigenvalue weighted by atomic mass is 10.1. The van der Waals surface area contributed by atoms with Gasteiger partial charge in [-0.3, -0.25) is 0 Å². The van der Waals surface area contributed by atoms with E-state index in [9.17, 15) is 10.2 Å². The first-order chi connectivity index (χ1) is 7.81. The van der Waals surface area contributed by atoms with Crippen LogP contribution in [0.2, 0.25) is 0 Å². The van der Waals surface area contributed by atoms with Gasteiger partial charge in [0.15, 0.2) is 0 Å². The normalized spacial score (nSPS) is 14.3. The van der Waals surface area contributed by atoms with E-state index >= 15 is 0 Å². The van der Waals surface area contributed by atoms with E-state index in [1.807, 2.05) is 13.8 Å². The van der Waals surface area contributed by atoms with Crippen LogP contribution in [-0.2, 0) is 9.47 Å². The Morgan fingerprint density at radius 3 is 2.41 bits per heavy atom. The Hall–Kier alpha value is -0.200. The summed E-state index contributed by atoms with van der Waals surface area (Å²) in [5.41, 5.74) is -0.758. The van der Waals surface area contributed by atoms with Crippen molar-refractivity contribution in [1.82, 2.24) is 5.32 Å². The number of ether oxygens (including phenoxy) is 2. The Balaban J connectivity index is 3.32. The van der Waals surface area contributed by atoms with E-state index in [0.717, 1.165) is 0 Å². The molecule has 0 fully saturated rings. The number of aliphatic hydroxyl groups is 2. The molecular weight excluding hydrogens is 222 g/mol. The molecule has 0 bridgehead atoms. The monoisotopic (exact) mass is 249 g/mol. The smallest absolute Gasteiger partial charge is 0.0897 e. The van der Waals surface area contributed by atoms with Crippen LogP contribution in [0.25, 0.3) is 0 Å². The van der Waals surface area contributed by atoms with Gasteiger partial charge in [0.1, 0.15) is 0 Å². The topological polar surface area (TPSA) is 71.0 Å². The van der Waals surface area contributed by atoms with Gasteiger partial charge in [0.25, 0.3) is 0 Å². The minimum atomic E-state index is -0.758. The van der Waals surface area contributed by atoms with Gasteiger partial charge in [-0.05, 0) is 27.7 Å². The lowest BCUT2D eigenvalue weighted by Gasteiger charge is -2.19. The number of hydrogen-bond acceptors (Lipinski definition) is 5. The number of rotatable bonds is 10. The fraction of sp³-hybridized carbons (Fsp3) is 1.00. The lowest BCUT2D eigenvalue weighted by Crippen LogP contribution is -2.39. The average Bonchev–Trinajstić information content (AvgIpc) is 2.14. The van der Waals surface area contributed by atoms with Gasteiger partial charge >= 0.3 is 0 Å². The second kappa shape index (κ2) is 8.83. The van der Waals surface area contributed by atoms with E-state index in [2.05, 4.69) is 5.32 Å². The molecule has 0 saturated heterocycles. The van der Waals surface area contributed by atoms with Crippen molar-refractivity contribution in [2.45, 2.75) is 45.5 Å². The third kappa shape index (κ3) is 13.7. The molecule has 0 spiro atoms. The molecule has 104 valence electrons. The zero-order chi connectivity index (χ0) is 13.3. The van der Waals surface area contributed by atoms with Crippen LogP contribution in [0.3, 0.4) is 0 Å². The van der Waals surface area contributed by atoms with Gasteiger partial charge in [-0.1, -0.05) is 0 Å². The SMILES string of the molecule is CC(C)OCCOCC(O)CNCC(C)(C)O. The molecule has 0 amide bonds. The number of nitrogens with one attached hydrogen (secondary N) is 1. The van der Waals surface area contributed by atoms with Gasteiger partial charge in [0.2, 0.25) is 0 Å². The first-order valence-corrected chi connectivity index (χ1v) is 6.12. The third-order valence-corrected chi connectivity index (χ3v) is 1.93. The molecule has 5 heteroatoms. The molecule has 0 aliphatic rings. The Bertz CT molecular complexity index is 180. The van der Waals surface area contributed by atoms with E-state index in [1.165, 1.54) is 0 Å². The van der Waals surface area contributed by atoms with E-state index in [0.29, 0.717) is 26.3 Å². The maximum Gasteiger partial charge on any atom is 0.0897 e. The van der Waals surface area contributed by atoms with Crippen molar-refractivity contribution in [3.63, 3.8) is 0 Å². The van der Waals surface area contributed by atoms with Gasteiger partial charge in [0, 0.05) is 13.1 Å². The van der Waals surface area contributed by atoms with Crippen LogP contribution in [0.15, 0.2) is 0 Å². The highest BCUT2D eigenvalue weighted by Crippen LogP contribution is 1.97. The quantitative estimate of drug-likeness (QED) is 0.481. The standard InChI is InChI=1S/C12H27NO4/c1-10(2)17-6-5-16-8-11(14)7-13-9-12(3,4)15/h10-11,13-15H,5-9H2,1-4H3. The molecule has 0 saturated carbocycles. The fourth-order valence-corrected chi connectivity index (χ4v) is 1.17. The second-order valence-corrected chi connectivity index (χ2v) is 5.09. The van der Waals surface area contributed by atoms with Gasteiger partial charge in [-0.2, -0.15) is 0 Å². The van der Waals surface area contributed by atoms with Crippen molar-refractivity contribution in [2.75, 3.05) is 32.9 Å². The van der Waals surface area contributed by atoms with Crippen LogP contribution in [0.5, 0.6) is 0 Å². The summed E-state index contributed by atoms with van der Waals surface area (Å²) in [6.45, 7) is 9.53. The summed E-state index contributed by atoms with van der Waals surface area (Å²) in [7, 11) is 0. The molecule has 0 aromatic heterocycles. The summed E-state index contributed by atoms with van der Waals surface area (Å²) in [5.74, 6) is 0. The van der Waals surface area contributed by atoms with Crippen LogP contribution in [0.1, 0.15) is 27.7 Å². The van der Waals surface area contributed by atoms with Crippen molar-refractivity contribution in [1.29, 1.82) is 0 Å². The predicted octanol–water partition coefficient (Wildman–Crippen LogP) is 0.149. The molecule has 0 heterocycles. The van der Waals surface area contributed by atoms with Crippen LogP contribution >= 0.6 is 0 Å². The Morgan fingerprint density at radius 2 is 1.88 bits per heavy atom. The Kier molecular flexibility index (Phi) is 8.72. The molecular formula is C12H27NO4. The summed E-state index contributed by atoms with van der Waals surface area (Å²) in [4.78, 5) is 0. The highest BCUT2D eigenvalue weighted by Gasteiger charge is 2.12. The molecule has 3 N–H and O–H groups in total. The summed E-state index contributed by atoms with van der Waals surface area (Å²) in [6.07, 6.45) is -0.353. The Labute approximate surface area is 104 Å². The summed E-state index contributed by atoms with van der Waals surface area (Å²) in [6, 6.07) is 0. The number of hydrogen-bond donors (Lipinski definition) is 3. The molecule has 0 rings (SSSR count). The van der Waals surface area contributed by atoms with Crippen molar-refractivity contribution in [3.05, 3.63) is 0 Å². The maximum atomic E-state index is 9.54. The molecule has 17 heavy (non-hydrogen) atoms. The molecule has 0 aliphatic carbocycles. The number of aliphatic hydroxyl groups excluding tert-OH is 1. The highest BCUT2D eigenvalue weighted by molar-refractivity contribution is 4.69. The van der Waals surface area contributed by atoms with Crippen molar-refractivity contribution < 1.29 is 19.7 Å². The van der Waals surface area contributed by atoms with Crippen LogP contribution in [0, 0.1) is 0 Å². The zero-order valence-corrected chi connectivity index (χ0v) is 11.4. The first kappa shape index (κ1) is 16.8. The van der Waals surface area contributed by atoms with Crippen LogP contribution in [-0.4, -0.2) is 60.9 Å². The minimum Gasteiger partial charge on any atom is -0.389 e. The molecule has 1 atom stereocenters. The van der Waals surface area contributed by atoms with E-state index in [1.54, 1.807) is 13.8 Å². The molecule has 0 aromatic rings. The maximum absolute atomic E-state index is 9.54. The molecule has 1 unspecified atom stereocenters. The van der Waals surface area contributed by atoms with Crippen LogP contribution < -0.4 is 5.32 Å². The van der Waals surface area contributed by atoms with Crippen molar-refractivity contribution >= 4 is 0 Å². The zero-order valence-electron chi connectivity index (χ0n) is 11.4. The minimum absolute atomic E-state index is 0.206. The molecule has 0 aliphatic heterocycles. The van der Waals surface area contributed by atoms with Gasteiger partial charge < -0.3 is 25.0 Å². The second-order valence-electron chi connectivity index (χ2n) is 5.09. The van der Waals surface area contributed by atoms with Crippen molar-refractivity contribution in [2.24, 2.45) is 0 Å². The first-order valence-electron chi connectivity index (χ1n) is 6.12. The van der Waals surface area contributed by atoms with Gasteiger partial charge in [0.05, 0.1) is 37.6 Å². The summed E-state index contributed by atoms with van der Waals surface area (Å²) < 4.78 is 10.5. The lowest BCUT2D eigenvalue weighted by molar-refractivity contribution is -0.0113. The fourth-order valence-electron chi connectivity index (χ4n) is 1.17.